The first-order chi connectivity index (χ1) is 9.87. The summed E-state index contributed by atoms with van der Waals surface area (Å²) in [7, 11) is 0. The molecule has 5 heteroatoms. The average molecular weight is 292 g/mol. The highest BCUT2D eigenvalue weighted by molar-refractivity contribution is 5.69. The number of hydrogen-bond donors (Lipinski definition) is 0. The minimum atomic E-state index is -0.470. The molecule has 1 saturated heterocycles. The third-order valence-electron chi connectivity index (χ3n) is 3.38. The second-order valence-corrected chi connectivity index (χ2v) is 6.41. The molecule has 0 spiro atoms. The number of aromatic nitrogens is 1. The first kappa shape index (κ1) is 15.6. The van der Waals surface area contributed by atoms with Gasteiger partial charge in [0, 0.05) is 18.3 Å². The molecule has 1 aromatic heterocycles. The second-order valence-electron chi connectivity index (χ2n) is 6.41. The summed E-state index contributed by atoms with van der Waals surface area (Å²) in [6.45, 7) is 8.78. The molecule has 0 bridgehead atoms. The van der Waals surface area contributed by atoms with Crippen LogP contribution in [0.3, 0.4) is 0 Å². The number of carbonyl (C=O) groups excluding carboxylic acids is 1. The van der Waals surface area contributed by atoms with Crippen molar-refractivity contribution < 1.29 is 14.3 Å². The van der Waals surface area contributed by atoms with Crippen molar-refractivity contribution in [1.29, 1.82) is 0 Å². The molecule has 2 heterocycles. The minimum Gasteiger partial charge on any atom is -0.475 e. The van der Waals surface area contributed by atoms with Gasteiger partial charge in [0.1, 0.15) is 12.2 Å². The summed E-state index contributed by atoms with van der Waals surface area (Å²) in [5, 5.41) is 0. The van der Waals surface area contributed by atoms with Gasteiger partial charge in [-0.2, -0.15) is 0 Å². The van der Waals surface area contributed by atoms with Crippen LogP contribution in [0.2, 0.25) is 0 Å². The fourth-order valence-electron chi connectivity index (χ4n) is 2.37. The molecule has 0 N–H and O–H groups in total. The van der Waals surface area contributed by atoms with Crippen molar-refractivity contribution in [3.63, 3.8) is 0 Å². The van der Waals surface area contributed by atoms with Gasteiger partial charge < -0.3 is 14.4 Å². The van der Waals surface area contributed by atoms with E-state index in [1.54, 1.807) is 11.1 Å². The molecule has 5 nitrogen and oxygen atoms in total. The first-order valence-electron chi connectivity index (χ1n) is 7.41. The average Bonchev–Trinajstić information content (AvgIpc) is 2.84. The molecule has 0 saturated carbocycles. The van der Waals surface area contributed by atoms with Crippen LogP contribution in [0.15, 0.2) is 18.3 Å². The Morgan fingerprint density at radius 1 is 1.48 bits per heavy atom. The molecule has 2 rings (SSSR count). The largest absolute Gasteiger partial charge is 0.475 e. The molecule has 0 radical (unpaired) electrons. The van der Waals surface area contributed by atoms with E-state index in [2.05, 4.69) is 4.98 Å². The molecule has 0 aromatic carbocycles. The summed E-state index contributed by atoms with van der Waals surface area (Å²) in [6.07, 6.45) is 3.37. The fourth-order valence-corrected chi connectivity index (χ4v) is 2.37. The van der Waals surface area contributed by atoms with Gasteiger partial charge in [-0.05, 0) is 46.6 Å². The van der Waals surface area contributed by atoms with Crippen molar-refractivity contribution in [2.75, 3.05) is 13.2 Å². The van der Waals surface area contributed by atoms with E-state index < -0.39 is 5.60 Å². The Balaban J connectivity index is 1.93. The molecule has 1 aliphatic rings. The van der Waals surface area contributed by atoms with Crippen LogP contribution in [0.1, 0.15) is 39.2 Å². The van der Waals surface area contributed by atoms with E-state index in [1.165, 1.54) is 0 Å². The summed E-state index contributed by atoms with van der Waals surface area (Å²) in [6, 6.07) is 3.90. The predicted molar refractivity (Wildman–Crippen MR) is 80.4 cm³/mol. The lowest BCUT2D eigenvalue weighted by Crippen LogP contribution is -2.42. The lowest BCUT2D eigenvalue weighted by Gasteiger charge is -2.28. The standard InChI is InChI=1S/C16H24N2O3/c1-12-7-5-9-17-14(12)20-11-13-8-6-10-18(13)15(19)21-16(2,3)4/h5,7,9,13H,6,8,10-11H2,1-4H3. The van der Waals surface area contributed by atoms with E-state index in [0.29, 0.717) is 12.5 Å². The number of amides is 1. The van der Waals surface area contributed by atoms with Gasteiger partial charge in [0.25, 0.3) is 0 Å². The summed E-state index contributed by atoms with van der Waals surface area (Å²) in [5.41, 5.74) is 0.530. The van der Waals surface area contributed by atoms with E-state index in [0.717, 1.165) is 24.9 Å². The predicted octanol–water partition coefficient (Wildman–Crippen LogP) is 3.17. The third-order valence-corrected chi connectivity index (χ3v) is 3.38. The maximum atomic E-state index is 12.2. The van der Waals surface area contributed by atoms with Crippen molar-refractivity contribution in [3.8, 4) is 5.88 Å². The summed E-state index contributed by atoms with van der Waals surface area (Å²) in [5.74, 6) is 0.633. The lowest BCUT2D eigenvalue weighted by molar-refractivity contribution is 0.0185. The van der Waals surface area contributed by atoms with Crippen LogP contribution in [0.4, 0.5) is 4.79 Å². The molecule has 1 atom stereocenters. The van der Waals surface area contributed by atoms with Crippen LogP contribution in [0.25, 0.3) is 0 Å². The topological polar surface area (TPSA) is 51.7 Å². The van der Waals surface area contributed by atoms with Gasteiger partial charge in [-0.25, -0.2) is 9.78 Å². The number of pyridine rings is 1. The number of aryl methyl sites for hydroxylation is 1. The zero-order valence-corrected chi connectivity index (χ0v) is 13.3. The van der Waals surface area contributed by atoms with Crippen molar-refractivity contribution in [1.82, 2.24) is 9.88 Å². The molecule has 1 unspecified atom stereocenters. The van der Waals surface area contributed by atoms with Gasteiger partial charge in [0.15, 0.2) is 0 Å². The Hall–Kier alpha value is -1.78. The van der Waals surface area contributed by atoms with Gasteiger partial charge in [-0.15, -0.1) is 0 Å². The van der Waals surface area contributed by atoms with E-state index in [4.69, 9.17) is 9.47 Å². The maximum Gasteiger partial charge on any atom is 0.410 e. The van der Waals surface area contributed by atoms with E-state index in [-0.39, 0.29) is 12.1 Å². The van der Waals surface area contributed by atoms with Crippen molar-refractivity contribution in [2.45, 2.75) is 52.2 Å². The smallest absolute Gasteiger partial charge is 0.410 e. The number of ether oxygens (including phenoxy) is 2. The van der Waals surface area contributed by atoms with Gasteiger partial charge in [-0.3, -0.25) is 0 Å². The summed E-state index contributed by atoms with van der Waals surface area (Å²) < 4.78 is 11.2. The van der Waals surface area contributed by atoms with Crippen LogP contribution < -0.4 is 4.74 Å². The van der Waals surface area contributed by atoms with Crippen LogP contribution in [0.5, 0.6) is 5.88 Å². The van der Waals surface area contributed by atoms with Crippen molar-refractivity contribution >= 4 is 6.09 Å². The molecule has 1 aromatic rings. The molecular formula is C16H24N2O3. The monoisotopic (exact) mass is 292 g/mol. The molecule has 116 valence electrons. The molecule has 1 aliphatic heterocycles. The zero-order chi connectivity index (χ0) is 15.5. The lowest BCUT2D eigenvalue weighted by atomic mass is 10.2. The van der Waals surface area contributed by atoms with E-state index in [9.17, 15) is 4.79 Å². The fraction of sp³-hybridized carbons (Fsp3) is 0.625. The normalized spacial score (nSPS) is 18.7. The van der Waals surface area contributed by atoms with Crippen LogP contribution in [-0.2, 0) is 4.74 Å². The molecular weight excluding hydrogens is 268 g/mol. The SMILES string of the molecule is Cc1cccnc1OCC1CCCN1C(=O)OC(C)(C)C. The number of rotatable bonds is 3. The Labute approximate surface area is 126 Å². The van der Waals surface area contributed by atoms with Crippen molar-refractivity contribution in [3.05, 3.63) is 23.9 Å². The number of nitrogens with zero attached hydrogens (tertiary/aromatic N) is 2. The van der Waals surface area contributed by atoms with Gasteiger partial charge in [0.05, 0.1) is 6.04 Å². The van der Waals surface area contributed by atoms with Gasteiger partial charge in [-0.1, -0.05) is 6.07 Å². The Bertz CT molecular complexity index is 497. The Morgan fingerprint density at radius 2 is 2.24 bits per heavy atom. The van der Waals surface area contributed by atoms with Crippen LogP contribution in [0, 0.1) is 6.92 Å². The van der Waals surface area contributed by atoms with Gasteiger partial charge >= 0.3 is 6.09 Å². The third kappa shape index (κ3) is 4.34. The highest BCUT2D eigenvalue weighted by Gasteiger charge is 2.32. The highest BCUT2D eigenvalue weighted by atomic mass is 16.6. The Kier molecular flexibility index (Phi) is 4.70. The molecule has 1 fully saturated rings. The number of likely N-dealkylation sites (tertiary alicyclic amines) is 1. The quantitative estimate of drug-likeness (QED) is 0.858. The zero-order valence-electron chi connectivity index (χ0n) is 13.3. The summed E-state index contributed by atoms with van der Waals surface area (Å²) >= 11 is 0. The number of hydrogen-bond acceptors (Lipinski definition) is 4. The highest BCUT2D eigenvalue weighted by Crippen LogP contribution is 2.22. The Morgan fingerprint density at radius 3 is 2.90 bits per heavy atom. The van der Waals surface area contributed by atoms with Gasteiger partial charge in [0.2, 0.25) is 5.88 Å². The summed E-state index contributed by atoms with van der Waals surface area (Å²) in [4.78, 5) is 18.2. The van der Waals surface area contributed by atoms with Crippen LogP contribution in [-0.4, -0.2) is 40.8 Å². The minimum absolute atomic E-state index is 0.0567. The van der Waals surface area contributed by atoms with E-state index in [1.807, 2.05) is 39.8 Å². The van der Waals surface area contributed by atoms with Crippen molar-refractivity contribution in [2.24, 2.45) is 0 Å². The molecule has 1 amide bonds. The van der Waals surface area contributed by atoms with E-state index >= 15 is 0 Å². The molecule has 0 aliphatic carbocycles. The van der Waals surface area contributed by atoms with Crippen LogP contribution >= 0.6 is 0 Å². The second kappa shape index (κ2) is 6.33. The maximum absolute atomic E-state index is 12.2. The first-order valence-corrected chi connectivity index (χ1v) is 7.41. The molecule has 21 heavy (non-hydrogen) atoms. The number of carbonyl (C=O) groups is 1.